The predicted molar refractivity (Wildman–Crippen MR) is 76.9 cm³/mol. The molecule has 106 valence electrons. The summed E-state index contributed by atoms with van der Waals surface area (Å²) in [5.41, 5.74) is 1.81. The molecular weight excluding hydrogens is 294 g/mol. The third kappa shape index (κ3) is 2.25. The van der Waals surface area contributed by atoms with Crippen molar-refractivity contribution >= 4 is 28.0 Å². The number of carbonyl (C=O) groups is 1. The summed E-state index contributed by atoms with van der Waals surface area (Å²) in [4.78, 5) is 26.4. The molecule has 0 fully saturated rings. The van der Waals surface area contributed by atoms with Crippen molar-refractivity contribution in [3.05, 3.63) is 51.1 Å². The number of nitro benzene ring substituents is 1. The second-order valence-corrected chi connectivity index (χ2v) is 5.48. The highest BCUT2D eigenvalue weighted by Gasteiger charge is 2.15. The van der Waals surface area contributed by atoms with Gasteiger partial charge in [0, 0.05) is 29.6 Å². The molecule has 0 aliphatic carbocycles. The average molecular weight is 303 g/mol. The van der Waals surface area contributed by atoms with Crippen LogP contribution in [0.15, 0.2) is 30.6 Å². The molecule has 8 heteroatoms. The van der Waals surface area contributed by atoms with E-state index in [1.807, 2.05) is 0 Å². The first-order chi connectivity index (χ1) is 9.95. The van der Waals surface area contributed by atoms with Crippen LogP contribution in [0.4, 0.5) is 5.69 Å². The molecule has 0 saturated heterocycles. The molecular formula is C13H9N3O4S. The normalized spacial score (nSPS) is 10.9. The summed E-state index contributed by atoms with van der Waals surface area (Å²) >= 11 is 1.05. The zero-order chi connectivity index (χ0) is 15.1. The van der Waals surface area contributed by atoms with Gasteiger partial charge in [-0.15, -0.1) is 0 Å². The van der Waals surface area contributed by atoms with E-state index in [9.17, 15) is 14.9 Å². The molecule has 0 spiro atoms. The standard InChI is InChI=1S/C13H9N3O4S/c1-7-2-3-8(4-10(7)16(19)20)9-5-15-6-11(12(17)18)21-13(15)14-9/h2-6H,1H3,(H,17,18). The Kier molecular flexibility index (Phi) is 2.95. The summed E-state index contributed by atoms with van der Waals surface area (Å²) in [5, 5.41) is 19.9. The van der Waals surface area contributed by atoms with E-state index in [2.05, 4.69) is 4.98 Å². The number of hydrogen-bond donors (Lipinski definition) is 1. The van der Waals surface area contributed by atoms with Crippen molar-refractivity contribution in [2.75, 3.05) is 0 Å². The fourth-order valence-electron chi connectivity index (χ4n) is 2.00. The van der Waals surface area contributed by atoms with Crippen LogP contribution in [0.25, 0.3) is 16.2 Å². The minimum absolute atomic E-state index is 0.0371. The highest BCUT2D eigenvalue weighted by atomic mass is 32.1. The van der Waals surface area contributed by atoms with E-state index in [-0.39, 0.29) is 10.6 Å². The lowest BCUT2D eigenvalue weighted by Crippen LogP contribution is -1.92. The zero-order valence-electron chi connectivity index (χ0n) is 10.8. The SMILES string of the molecule is Cc1ccc(-c2cn3cc(C(=O)O)sc3n2)cc1[N+](=O)[O-]. The van der Waals surface area contributed by atoms with Gasteiger partial charge in [0.15, 0.2) is 4.96 Å². The molecule has 1 N–H and O–H groups in total. The smallest absolute Gasteiger partial charge is 0.347 e. The highest BCUT2D eigenvalue weighted by Crippen LogP contribution is 2.28. The van der Waals surface area contributed by atoms with Crippen LogP contribution < -0.4 is 0 Å². The number of aryl methyl sites for hydroxylation is 1. The van der Waals surface area contributed by atoms with Crippen molar-refractivity contribution in [2.24, 2.45) is 0 Å². The Morgan fingerprint density at radius 3 is 2.81 bits per heavy atom. The minimum Gasteiger partial charge on any atom is -0.477 e. The molecule has 0 bridgehead atoms. The first kappa shape index (κ1) is 13.3. The van der Waals surface area contributed by atoms with Crippen LogP contribution in [0.5, 0.6) is 0 Å². The van der Waals surface area contributed by atoms with Crippen molar-refractivity contribution in [1.29, 1.82) is 0 Å². The van der Waals surface area contributed by atoms with Gasteiger partial charge in [-0.2, -0.15) is 0 Å². The van der Waals surface area contributed by atoms with Crippen LogP contribution in [-0.2, 0) is 0 Å². The summed E-state index contributed by atoms with van der Waals surface area (Å²) < 4.78 is 1.61. The second-order valence-electron chi connectivity index (χ2n) is 4.47. The van der Waals surface area contributed by atoms with E-state index in [0.29, 0.717) is 21.8 Å². The quantitative estimate of drug-likeness (QED) is 0.592. The molecule has 3 aromatic rings. The highest BCUT2D eigenvalue weighted by molar-refractivity contribution is 7.18. The van der Waals surface area contributed by atoms with E-state index in [1.54, 1.807) is 29.7 Å². The maximum absolute atomic E-state index is 11.0. The van der Waals surface area contributed by atoms with Crippen LogP contribution in [0.1, 0.15) is 15.2 Å². The van der Waals surface area contributed by atoms with E-state index < -0.39 is 10.9 Å². The fourth-order valence-corrected chi connectivity index (χ4v) is 2.80. The lowest BCUT2D eigenvalue weighted by molar-refractivity contribution is -0.385. The maximum Gasteiger partial charge on any atom is 0.347 e. The van der Waals surface area contributed by atoms with E-state index >= 15 is 0 Å². The number of nitro groups is 1. The molecule has 2 heterocycles. The number of carboxylic acid groups (broad SMARTS) is 1. The Labute approximate surface area is 122 Å². The van der Waals surface area contributed by atoms with Gasteiger partial charge in [0.1, 0.15) is 4.88 Å². The molecule has 0 amide bonds. The van der Waals surface area contributed by atoms with Crippen molar-refractivity contribution in [1.82, 2.24) is 9.38 Å². The Morgan fingerprint density at radius 2 is 2.19 bits per heavy atom. The second kappa shape index (κ2) is 4.67. The van der Waals surface area contributed by atoms with E-state index in [0.717, 1.165) is 11.3 Å². The number of nitrogens with zero attached hydrogens (tertiary/aromatic N) is 3. The molecule has 7 nitrogen and oxygen atoms in total. The zero-order valence-corrected chi connectivity index (χ0v) is 11.6. The number of carboxylic acids is 1. The van der Waals surface area contributed by atoms with Crippen LogP contribution in [-0.4, -0.2) is 25.4 Å². The molecule has 1 aromatic carbocycles. The summed E-state index contributed by atoms with van der Waals surface area (Å²) in [6, 6.07) is 4.90. The molecule has 0 saturated carbocycles. The van der Waals surface area contributed by atoms with Crippen LogP contribution >= 0.6 is 11.3 Å². The van der Waals surface area contributed by atoms with E-state index in [1.165, 1.54) is 12.3 Å². The largest absolute Gasteiger partial charge is 0.477 e. The first-order valence-electron chi connectivity index (χ1n) is 5.93. The summed E-state index contributed by atoms with van der Waals surface area (Å²) in [6.07, 6.45) is 3.13. The summed E-state index contributed by atoms with van der Waals surface area (Å²) in [7, 11) is 0. The van der Waals surface area contributed by atoms with Crippen molar-refractivity contribution in [2.45, 2.75) is 6.92 Å². The summed E-state index contributed by atoms with van der Waals surface area (Å²) in [6.45, 7) is 1.67. The first-order valence-corrected chi connectivity index (χ1v) is 6.74. The van der Waals surface area contributed by atoms with Gasteiger partial charge in [0.05, 0.1) is 10.6 Å². The Bertz CT molecular complexity index is 849. The third-order valence-corrected chi connectivity index (χ3v) is 4.05. The molecule has 0 aliphatic heterocycles. The number of fused-ring (bicyclic) bond motifs is 1. The Morgan fingerprint density at radius 1 is 1.43 bits per heavy atom. The number of imidazole rings is 1. The molecule has 0 unspecified atom stereocenters. The van der Waals surface area contributed by atoms with Crippen molar-refractivity contribution in [3.8, 4) is 11.3 Å². The van der Waals surface area contributed by atoms with Gasteiger partial charge in [0.25, 0.3) is 5.69 Å². The Balaban J connectivity index is 2.08. The maximum atomic E-state index is 11.0. The van der Waals surface area contributed by atoms with Gasteiger partial charge in [-0.1, -0.05) is 23.5 Å². The van der Waals surface area contributed by atoms with Crippen LogP contribution in [0.2, 0.25) is 0 Å². The molecule has 2 aromatic heterocycles. The lowest BCUT2D eigenvalue weighted by atomic mass is 10.1. The van der Waals surface area contributed by atoms with Gasteiger partial charge >= 0.3 is 5.97 Å². The number of aromatic carboxylic acids is 1. The number of hydrogen-bond acceptors (Lipinski definition) is 5. The lowest BCUT2D eigenvalue weighted by Gasteiger charge is -2.00. The van der Waals surface area contributed by atoms with Gasteiger partial charge in [0.2, 0.25) is 0 Å². The molecule has 21 heavy (non-hydrogen) atoms. The molecule has 0 radical (unpaired) electrons. The number of thiazole rings is 1. The molecule has 0 aliphatic rings. The molecule has 3 rings (SSSR count). The van der Waals surface area contributed by atoms with Gasteiger partial charge in [-0.05, 0) is 6.92 Å². The van der Waals surface area contributed by atoms with Crippen molar-refractivity contribution in [3.63, 3.8) is 0 Å². The van der Waals surface area contributed by atoms with Crippen LogP contribution in [0, 0.1) is 17.0 Å². The molecule has 0 atom stereocenters. The Hall–Kier alpha value is -2.74. The summed E-state index contributed by atoms with van der Waals surface area (Å²) in [5.74, 6) is -1.00. The van der Waals surface area contributed by atoms with Crippen LogP contribution in [0.3, 0.4) is 0 Å². The number of benzene rings is 1. The third-order valence-electron chi connectivity index (χ3n) is 3.07. The monoisotopic (exact) mass is 303 g/mol. The van der Waals surface area contributed by atoms with Gasteiger partial charge in [-0.25, -0.2) is 9.78 Å². The number of rotatable bonds is 3. The van der Waals surface area contributed by atoms with Crippen molar-refractivity contribution < 1.29 is 14.8 Å². The van der Waals surface area contributed by atoms with Gasteiger partial charge < -0.3 is 5.11 Å². The topological polar surface area (TPSA) is 97.7 Å². The van der Waals surface area contributed by atoms with Gasteiger partial charge in [-0.3, -0.25) is 14.5 Å². The average Bonchev–Trinajstić information content (AvgIpc) is 2.96. The van der Waals surface area contributed by atoms with E-state index in [4.69, 9.17) is 5.11 Å². The predicted octanol–water partition coefficient (Wildman–Crippen LogP) is 2.98. The fraction of sp³-hybridized carbons (Fsp3) is 0.0769. The number of aromatic nitrogens is 2. The minimum atomic E-state index is -1.00.